The van der Waals surface area contributed by atoms with Crippen LogP contribution in [0.5, 0.6) is 0 Å². The number of aliphatic hydroxyl groups excluding tert-OH is 1. The van der Waals surface area contributed by atoms with Gasteiger partial charge in [-0.3, -0.25) is 0 Å². The van der Waals surface area contributed by atoms with Crippen molar-refractivity contribution in [2.75, 3.05) is 0 Å². The van der Waals surface area contributed by atoms with Crippen LogP contribution >= 0.6 is 0 Å². The minimum atomic E-state index is -0.677. The second kappa shape index (κ2) is 6.61. The fourth-order valence-electron chi connectivity index (χ4n) is 4.49. The van der Waals surface area contributed by atoms with Crippen LogP contribution in [0, 0.1) is 17.3 Å². The summed E-state index contributed by atoms with van der Waals surface area (Å²) >= 11 is 0.302. The van der Waals surface area contributed by atoms with Crippen molar-refractivity contribution in [3.8, 4) is 0 Å². The third kappa shape index (κ3) is 3.37. The molecule has 0 aromatic heterocycles. The second-order valence-electron chi connectivity index (χ2n) is 8.39. The van der Waals surface area contributed by atoms with E-state index in [2.05, 4.69) is 50.3 Å². The number of rotatable bonds is 3. The van der Waals surface area contributed by atoms with Crippen LogP contribution in [0.25, 0.3) is 0 Å². The van der Waals surface area contributed by atoms with Crippen molar-refractivity contribution in [2.24, 2.45) is 17.3 Å². The molecule has 132 valence electrons. The molecule has 1 aromatic carbocycles. The van der Waals surface area contributed by atoms with E-state index in [1.807, 2.05) is 13.8 Å². The fraction of sp³-hybridized carbons (Fsp3) is 0.619. The molecule has 3 rings (SSSR count). The summed E-state index contributed by atoms with van der Waals surface area (Å²) < 4.78 is 1.38. The molecule has 1 saturated carbocycles. The molecule has 2 nitrogen and oxygen atoms in total. The number of benzene rings is 1. The zero-order valence-corrected chi connectivity index (χ0v) is 16.9. The summed E-state index contributed by atoms with van der Waals surface area (Å²) in [4.78, 5) is 0.371. The van der Waals surface area contributed by atoms with Crippen molar-refractivity contribution in [1.29, 1.82) is 0 Å². The van der Waals surface area contributed by atoms with Crippen LogP contribution in [0.1, 0.15) is 47.0 Å². The van der Waals surface area contributed by atoms with Crippen molar-refractivity contribution in [1.82, 2.24) is 0 Å². The minimum absolute atomic E-state index is 0.124. The molecular formula is C21H30O2Se. The summed E-state index contributed by atoms with van der Waals surface area (Å²) in [6.07, 6.45) is 5.00. The third-order valence-corrected chi connectivity index (χ3v) is 8.80. The molecule has 2 aliphatic carbocycles. The first-order valence-corrected chi connectivity index (χ1v) is 10.9. The van der Waals surface area contributed by atoms with Gasteiger partial charge in [0.05, 0.1) is 0 Å². The maximum absolute atomic E-state index is 11.2. The molecule has 0 bridgehead atoms. The Morgan fingerprint density at radius 1 is 1.21 bits per heavy atom. The van der Waals surface area contributed by atoms with Crippen LogP contribution in [0.15, 0.2) is 42.0 Å². The van der Waals surface area contributed by atoms with Gasteiger partial charge in [-0.25, -0.2) is 0 Å². The van der Waals surface area contributed by atoms with Gasteiger partial charge in [-0.1, -0.05) is 0 Å². The quantitative estimate of drug-likeness (QED) is 0.611. The van der Waals surface area contributed by atoms with Gasteiger partial charge in [-0.15, -0.1) is 0 Å². The molecule has 5 atom stereocenters. The monoisotopic (exact) mass is 394 g/mol. The first-order valence-electron chi connectivity index (χ1n) is 9.06. The average molecular weight is 393 g/mol. The standard InChI is InChI=1S/C21H30O2Se/c1-14-12-18(24-16-8-6-5-7-9-16)19(22)21(4)11-10-15(13-17(14)21)20(2,3)23/h5-9,13-15,18-19,22-23H,10-12H2,1-4H3/t14-,15-,18?,19-,21-/m1/s1. The van der Waals surface area contributed by atoms with Crippen LogP contribution in [0.3, 0.4) is 0 Å². The summed E-state index contributed by atoms with van der Waals surface area (Å²) in [6, 6.07) is 10.6. The molecule has 0 radical (unpaired) electrons. The van der Waals surface area contributed by atoms with Crippen LogP contribution in [0.2, 0.25) is 4.82 Å². The molecule has 1 fully saturated rings. The summed E-state index contributed by atoms with van der Waals surface area (Å²) in [5.41, 5.74) is 0.582. The Balaban J connectivity index is 1.85. The average Bonchev–Trinajstić information content (AvgIpc) is 2.52. The number of hydrogen-bond donors (Lipinski definition) is 2. The molecule has 1 aromatic rings. The van der Waals surface area contributed by atoms with Crippen molar-refractivity contribution < 1.29 is 10.2 Å². The molecule has 0 saturated heterocycles. The fourth-order valence-corrected chi connectivity index (χ4v) is 7.60. The van der Waals surface area contributed by atoms with E-state index in [-0.39, 0.29) is 17.4 Å². The zero-order valence-electron chi connectivity index (χ0n) is 15.2. The first-order chi connectivity index (χ1) is 11.2. The summed E-state index contributed by atoms with van der Waals surface area (Å²) in [7, 11) is 0. The molecule has 1 unspecified atom stereocenters. The molecule has 24 heavy (non-hydrogen) atoms. The molecule has 0 aliphatic heterocycles. The van der Waals surface area contributed by atoms with E-state index in [4.69, 9.17) is 0 Å². The Labute approximate surface area is 152 Å². The van der Waals surface area contributed by atoms with Crippen molar-refractivity contribution in [3.63, 3.8) is 0 Å². The van der Waals surface area contributed by atoms with Gasteiger partial charge in [0.2, 0.25) is 0 Å². The van der Waals surface area contributed by atoms with Gasteiger partial charge < -0.3 is 0 Å². The first kappa shape index (κ1) is 18.2. The third-order valence-electron chi connectivity index (χ3n) is 6.07. The predicted octanol–water partition coefficient (Wildman–Crippen LogP) is 3.32. The van der Waals surface area contributed by atoms with Gasteiger partial charge in [0, 0.05) is 0 Å². The molecule has 2 aliphatic rings. The SMILES string of the molecule is C[C@@H]1CC([Se]c2ccccc2)[C@@H](O)[C@]2(C)CC[C@@H](C(C)(C)O)C=C12. The molecule has 3 heteroatoms. The van der Waals surface area contributed by atoms with Crippen molar-refractivity contribution in [3.05, 3.63) is 42.0 Å². The van der Waals surface area contributed by atoms with Crippen LogP contribution in [-0.4, -0.2) is 36.9 Å². The maximum atomic E-state index is 11.2. The zero-order chi connectivity index (χ0) is 17.5. The van der Waals surface area contributed by atoms with Crippen LogP contribution < -0.4 is 4.46 Å². The summed E-state index contributed by atoms with van der Waals surface area (Å²) in [5, 5.41) is 21.6. The van der Waals surface area contributed by atoms with E-state index in [0.29, 0.717) is 25.7 Å². The van der Waals surface area contributed by atoms with E-state index in [1.165, 1.54) is 10.0 Å². The van der Waals surface area contributed by atoms with Gasteiger partial charge in [-0.05, 0) is 0 Å². The number of aliphatic hydroxyl groups is 2. The summed E-state index contributed by atoms with van der Waals surface area (Å²) in [6.45, 7) is 8.36. The molecule has 0 heterocycles. The molecule has 2 N–H and O–H groups in total. The number of hydrogen-bond acceptors (Lipinski definition) is 2. The van der Waals surface area contributed by atoms with Gasteiger partial charge in [-0.2, -0.15) is 0 Å². The Bertz CT molecular complexity index is 604. The van der Waals surface area contributed by atoms with Crippen molar-refractivity contribution in [2.45, 2.75) is 63.5 Å². The van der Waals surface area contributed by atoms with E-state index in [0.717, 1.165) is 19.3 Å². The van der Waals surface area contributed by atoms with Crippen LogP contribution in [-0.2, 0) is 0 Å². The van der Waals surface area contributed by atoms with E-state index < -0.39 is 5.60 Å². The van der Waals surface area contributed by atoms with E-state index in [9.17, 15) is 10.2 Å². The second-order valence-corrected chi connectivity index (χ2v) is 11.1. The number of fused-ring (bicyclic) bond motifs is 1. The Morgan fingerprint density at radius 3 is 2.50 bits per heavy atom. The molecule has 0 amide bonds. The van der Waals surface area contributed by atoms with Crippen LogP contribution in [0.4, 0.5) is 0 Å². The molecule has 0 spiro atoms. The van der Waals surface area contributed by atoms with E-state index in [1.54, 1.807) is 0 Å². The van der Waals surface area contributed by atoms with E-state index >= 15 is 0 Å². The topological polar surface area (TPSA) is 40.5 Å². The normalized spacial score (nSPS) is 36.8. The summed E-state index contributed by atoms with van der Waals surface area (Å²) in [5.74, 6) is 0.686. The predicted molar refractivity (Wildman–Crippen MR) is 101 cm³/mol. The molecular weight excluding hydrogens is 363 g/mol. The Hall–Kier alpha value is -0.601. The van der Waals surface area contributed by atoms with Gasteiger partial charge >= 0.3 is 152 Å². The Kier molecular flexibility index (Phi) is 5.01. The van der Waals surface area contributed by atoms with Gasteiger partial charge in [0.15, 0.2) is 0 Å². The Morgan fingerprint density at radius 2 is 1.88 bits per heavy atom. The van der Waals surface area contributed by atoms with Crippen molar-refractivity contribution >= 4 is 19.4 Å². The van der Waals surface area contributed by atoms with Gasteiger partial charge in [0.25, 0.3) is 0 Å². The van der Waals surface area contributed by atoms with Gasteiger partial charge in [0.1, 0.15) is 0 Å².